The SMILES string of the molecule is COc1cc(N2CCN(C(=O)CC3(C)CC4CC(C)CC(C4)C3)CC2)ccc1Nc1ncc2c(C)cc(=O)n(-c3ccc(C(F)(F)F)c(CN4CCN(C)CC4)c3)c2n1. The molecule has 2 aromatic heterocycles. The lowest BCUT2D eigenvalue weighted by atomic mass is 9.58. The lowest BCUT2D eigenvalue weighted by Gasteiger charge is -2.48. The molecule has 2 unspecified atom stereocenters. The largest absolute Gasteiger partial charge is 0.494 e. The quantitative estimate of drug-likeness (QED) is 0.184. The van der Waals surface area contributed by atoms with E-state index in [4.69, 9.17) is 9.72 Å². The highest BCUT2D eigenvalue weighted by molar-refractivity contribution is 5.81. The summed E-state index contributed by atoms with van der Waals surface area (Å²) in [6.45, 7) is 12.2. The van der Waals surface area contributed by atoms with Gasteiger partial charge in [0.2, 0.25) is 11.9 Å². The lowest BCUT2D eigenvalue weighted by Crippen LogP contribution is -2.50. The van der Waals surface area contributed by atoms with Crippen LogP contribution in [0.2, 0.25) is 0 Å². The van der Waals surface area contributed by atoms with Gasteiger partial charge in [-0.15, -0.1) is 0 Å². The van der Waals surface area contributed by atoms with Gasteiger partial charge in [0.05, 0.1) is 24.0 Å². The molecule has 1 amide bonds. The van der Waals surface area contributed by atoms with Gasteiger partial charge in [-0.1, -0.05) is 13.8 Å². The van der Waals surface area contributed by atoms with Crippen LogP contribution in [0, 0.1) is 30.1 Å². The molecule has 2 aliphatic heterocycles. The van der Waals surface area contributed by atoms with Gasteiger partial charge in [-0.2, -0.15) is 18.2 Å². The van der Waals surface area contributed by atoms with Crippen molar-refractivity contribution < 1.29 is 22.7 Å². The first kappa shape index (κ1) is 41.1. The number of anilines is 3. The molecule has 4 heterocycles. The summed E-state index contributed by atoms with van der Waals surface area (Å²) in [6, 6.07) is 11.2. The Morgan fingerprint density at radius 3 is 2.31 bits per heavy atom. The van der Waals surface area contributed by atoms with Gasteiger partial charge >= 0.3 is 6.18 Å². The number of alkyl halides is 3. The summed E-state index contributed by atoms with van der Waals surface area (Å²) in [6.07, 6.45) is 3.99. The Kier molecular flexibility index (Phi) is 11.4. The summed E-state index contributed by atoms with van der Waals surface area (Å²) >= 11 is 0. The van der Waals surface area contributed by atoms with Gasteiger partial charge in [0, 0.05) is 94.7 Å². The third-order valence-electron chi connectivity index (χ3n) is 13.3. The van der Waals surface area contributed by atoms with Crippen molar-refractivity contribution in [2.24, 2.45) is 23.2 Å². The minimum Gasteiger partial charge on any atom is -0.494 e. The number of carbonyl (C=O) groups is 1. The first-order chi connectivity index (χ1) is 28.1. The molecule has 2 bridgehead atoms. The molecule has 316 valence electrons. The number of hydrogen-bond acceptors (Lipinski definition) is 9. The molecule has 8 rings (SSSR count). The second kappa shape index (κ2) is 16.4. The Bertz CT molecular complexity index is 2230. The zero-order chi connectivity index (χ0) is 41.6. The van der Waals surface area contributed by atoms with Crippen LogP contribution in [-0.2, 0) is 17.5 Å². The van der Waals surface area contributed by atoms with E-state index < -0.39 is 17.3 Å². The number of methoxy groups -OCH3 is 1. The normalized spacial score (nSPS) is 24.4. The molecule has 4 aromatic rings. The highest BCUT2D eigenvalue weighted by Gasteiger charge is 2.43. The zero-order valence-electron chi connectivity index (χ0n) is 34.9. The van der Waals surface area contributed by atoms with Crippen molar-refractivity contribution in [1.82, 2.24) is 29.2 Å². The van der Waals surface area contributed by atoms with E-state index in [1.165, 1.54) is 54.9 Å². The maximum Gasteiger partial charge on any atom is 0.416 e. The number of pyridine rings is 1. The number of nitrogens with one attached hydrogen (secondary N) is 1. The van der Waals surface area contributed by atoms with Crippen molar-refractivity contribution in [1.29, 1.82) is 0 Å². The standard InChI is InChI=1S/C45H57F3N8O3/c1-29-18-31-21-32(19-29)25-44(3,24-31)26-41(58)55-16-14-54(15-17-55)34-7-9-38(39(23-34)59-5)50-43-49-27-36-30(2)20-40(57)56(42(36)51-43)35-6-8-37(45(46,47)48)33(22-35)28-53-12-10-52(4)11-13-53/h6-9,20,22-23,27,29,31-32H,10-19,21,24-26,28H2,1-5H3,(H,49,50,51). The number of halogens is 3. The van der Waals surface area contributed by atoms with Gasteiger partial charge < -0.3 is 24.8 Å². The highest BCUT2D eigenvalue weighted by Crippen LogP contribution is 2.52. The second-order valence-corrected chi connectivity index (χ2v) is 18.2. The fourth-order valence-corrected chi connectivity index (χ4v) is 10.6. The van der Waals surface area contributed by atoms with Gasteiger partial charge in [-0.3, -0.25) is 19.1 Å². The predicted molar refractivity (Wildman–Crippen MR) is 225 cm³/mol. The van der Waals surface area contributed by atoms with Crippen LogP contribution in [0.4, 0.5) is 30.5 Å². The van der Waals surface area contributed by atoms with Gasteiger partial charge in [0.1, 0.15) is 5.75 Å². The third-order valence-corrected chi connectivity index (χ3v) is 13.3. The van der Waals surface area contributed by atoms with Crippen molar-refractivity contribution in [3.63, 3.8) is 0 Å². The van der Waals surface area contributed by atoms with E-state index in [2.05, 4.69) is 33.9 Å². The molecule has 59 heavy (non-hydrogen) atoms. The average Bonchev–Trinajstić information content (AvgIpc) is 3.18. The number of ether oxygens (including phenoxy) is 1. The molecule has 0 radical (unpaired) electrons. The first-order valence-electron chi connectivity index (χ1n) is 21.1. The van der Waals surface area contributed by atoms with Crippen molar-refractivity contribution >= 4 is 34.3 Å². The number of rotatable bonds is 9. The number of carbonyl (C=O) groups excluding carboxylic acids is 1. The van der Waals surface area contributed by atoms with Crippen molar-refractivity contribution in [3.8, 4) is 11.4 Å². The molecule has 2 atom stereocenters. The van der Waals surface area contributed by atoms with E-state index in [-0.39, 0.29) is 35.0 Å². The molecule has 14 heteroatoms. The van der Waals surface area contributed by atoms with Crippen LogP contribution in [0.1, 0.15) is 69.1 Å². The average molecular weight is 815 g/mol. The summed E-state index contributed by atoms with van der Waals surface area (Å²) in [4.78, 5) is 45.0. The van der Waals surface area contributed by atoms with Gasteiger partial charge in [-0.25, -0.2) is 4.98 Å². The number of piperazine rings is 2. The Morgan fingerprint density at radius 2 is 1.63 bits per heavy atom. The molecule has 2 aromatic carbocycles. The Labute approximate surface area is 344 Å². The molecule has 2 aliphatic carbocycles. The summed E-state index contributed by atoms with van der Waals surface area (Å²) in [7, 11) is 3.59. The number of hydrogen-bond donors (Lipinski definition) is 1. The van der Waals surface area contributed by atoms with E-state index in [0.29, 0.717) is 73.8 Å². The van der Waals surface area contributed by atoms with E-state index in [0.717, 1.165) is 42.6 Å². The Hall–Kier alpha value is -4.69. The summed E-state index contributed by atoms with van der Waals surface area (Å²) in [5, 5.41) is 3.85. The number of aryl methyl sites for hydroxylation is 1. The minimum absolute atomic E-state index is 0.0968. The molecule has 11 nitrogen and oxygen atoms in total. The molecule has 0 spiro atoms. The van der Waals surface area contributed by atoms with Crippen molar-refractivity contribution in [3.05, 3.63) is 75.7 Å². The molecule has 4 fully saturated rings. The number of aromatic nitrogens is 3. The third kappa shape index (κ3) is 8.94. The fourth-order valence-electron chi connectivity index (χ4n) is 10.6. The van der Waals surface area contributed by atoms with E-state index in [9.17, 15) is 22.8 Å². The van der Waals surface area contributed by atoms with Crippen molar-refractivity contribution in [2.75, 3.05) is 76.7 Å². The Balaban J connectivity index is 0.985. The summed E-state index contributed by atoms with van der Waals surface area (Å²) in [5.74, 6) is 3.37. The topological polar surface area (TPSA) is 99.1 Å². The number of nitrogens with zero attached hydrogens (tertiary/aromatic N) is 7. The van der Waals surface area contributed by atoms with Gasteiger partial charge in [0.15, 0.2) is 5.65 Å². The van der Waals surface area contributed by atoms with Crippen LogP contribution in [0.5, 0.6) is 5.75 Å². The molecular weight excluding hydrogens is 758 g/mol. The molecule has 4 aliphatic rings. The molecule has 1 N–H and O–H groups in total. The second-order valence-electron chi connectivity index (χ2n) is 18.2. The number of amides is 1. The van der Waals surface area contributed by atoms with E-state index >= 15 is 0 Å². The van der Waals surface area contributed by atoms with Crippen LogP contribution < -0.4 is 20.5 Å². The number of fused-ring (bicyclic) bond motifs is 3. The van der Waals surface area contributed by atoms with Crippen LogP contribution in [0.25, 0.3) is 16.7 Å². The number of benzene rings is 2. The first-order valence-corrected chi connectivity index (χ1v) is 21.1. The highest BCUT2D eigenvalue weighted by atomic mass is 19.4. The summed E-state index contributed by atoms with van der Waals surface area (Å²) in [5.41, 5.74) is 1.88. The lowest BCUT2D eigenvalue weighted by molar-refractivity contribution is -0.138. The Morgan fingerprint density at radius 1 is 0.932 bits per heavy atom. The monoisotopic (exact) mass is 814 g/mol. The molecular formula is C45H57F3N8O3. The number of likely N-dealkylation sites (N-methyl/N-ethyl adjacent to an activating group) is 1. The molecule has 2 saturated carbocycles. The maximum absolute atomic E-state index is 14.3. The zero-order valence-corrected chi connectivity index (χ0v) is 34.9. The van der Waals surface area contributed by atoms with Crippen LogP contribution in [0.15, 0.2) is 53.5 Å². The van der Waals surface area contributed by atoms with Crippen LogP contribution >= 0.6 is 0 Å². The smallest absolute Gasteiger partial charge is 0.416 e. The van der Waals surface area contributed by atoms with Gasteiger partial charge in [0.25, 0.3) is 5.56 Å². The fraction of sp³-hybridized carbons (Fsp3) is 0.556. The van der Waals surface area contributed by atoms with Crippen molar-refractivity contribution in [2.45, 2.75) is 72.0 Å². The van der Waals surface area contributed by atoms with E-state index in [1.807, 2.05) is 35.0 Å². The summed E-state index contributed by atoms with van der Waals surface area (Å²) < 4.78 is 49.9. The predicted octanol–water partition coefficient (Wildman–Crippen LogP) is 7.50. The maximum atomic E-state index is 14.3. The van der Waals surface area contributed by atoms with Crippen LogP contribution in [0.3, 0.4) is 0 Å². The van der Waals surface area contributed by atoms with E-state index in [1.54, 1.807) is 20.2 Å². The van der Waals surface area contributed by atoms with Crippen LogP contribution in [-0.4, -0.2) is 102 Å². The van der Waals surface area contributed by atoms with Gasteiger partial charge in [-0.05, 0) is 111 Å². The molecule has 2 saturated heterocycles. The minimum atomic E-state index is -4.55.